The van der Waals surface area contributed by atoms with E-state index < -0.39 is 17.4 Å². The van der Waals surface area contributed by atoms with Gasteiger partial charge in [0, 0.05) is 16.4 Å². The number of aliphatic hydroxyl groups excluding tert-OH is 2. The quantitative estimate of drug-likeness (QED) is 0.491. The number of carbonyl (C=O) groups is 1. The summed E-state index contributed by atoms with van der Waals surface area (Å²) >= 11 is 2.13. The first-order valence-electron chi connectivity index (χ1n) is 4.08. The van der Waals surface area contributed by atoms with E-state index in [1.807, 2.05) is 0 Å². The molecule has 4 nitrogen and oxygen atoms in total. The highest BCUT2D eigenvalue weighted by atomic mass is 127. The lowest BCUT2D eigenvalue weighted by molar-refractivity contribution is -0.136. The fourth-order valence-corrected chi connectivity index (χ4v) is 0.978. The van der Waals surface area contributed by atoms with Crippen molar-refractivity contribution in [1.82, 2.24) is 5.32 Å². The van der Waals surface area contributed by atoms with Gasteiger partial charge < -0.3 is 15.5 Å². The monoisotopic (exact) mass is 301 g/mol. The van der Waals surface area contributed by atoms with Crippen LogP contribution in [-0.4, -0.2) is 39.8 Å². The van der Waals surface area contributed by atoms with E-state index in [4.69, 9.17) is 5.11 Å². The zero-order chi connectivity index (χ0) is 10.5. The Hall–Kier alpha value is 0.120. The third-order valence-corrected chi connectivity index (χ3v) is 2.33. The third kappa shape index (κ3) is 4.24. The molecule has 1 unspecified atom stereocenters. The Kier molecular flexibility index (Phi) is 5.82. The van der Waals surface area contributed by atoms with Crippen molar-refractivity contribution in [2.75, 3.05) is 17.6 Å². The lowest BCUT2D eigenvalue weighted by Crippen LogP contribution is -2.45. The molecule has 1 amide bonds. The van der Waals surface area contributed by atoms with Crippen molar-refractivity contribution in [1.29, 1.82) is 0 Å². The highest BCUT2D eigenvalue weighted by Gasteiger charge is 2.32. The van der Waals surface area contributed by atoms with Crippen LogP contribution >= 0.6 is 22.6 Å². The van der Waals surface area contributed by atoms with Gasteiger partial charge in [-0.25, -0.2) is 0 Å². The lowest BCUT2D eigenvalue weighted by Gasteiger charge is -2.26. The fraction of sp³-hybridized carbons (Fsp3) is 0.875. The van der Waals surface area contributed by atoms with Crippen molar-refractivity contribution >= 4 is 28.5 Å². The molecule has 13 heavy (non-hydrogen) atoms. The summed E-state index contributed by atoms with van der Waals surface area (Å²) in [5.41, 5.74) is -0.782. The SMILES string of the molecule is CC(C)(CO)C(O)C(=O)NCCI. The largest absolute Gasteiger partial charge is 0.396 e. The Balaban J connectivity index is 4.09. The van der Waals surface area contributed by atoms with Crippen molar-refractivity contribution in [3.05, 3.63) is 0 Å². The van der Waals surface area contributed by atoms with E-state index in [-0.39, 0.29) is 6.61 Å². The first-order valence-corrected chi connectivity index (χ1v) is 5.61. The van der Waals surface area contributed by atoms with Gasteiger partial charge in [-0.15, -0.1) is 0 Å². The molecule has 0 radical (unpaired) electrons. The molecule has 0 saturated heterocycles. The zero-order valence-electron chi connectivity index (χ0n) is 7.88. The molecule has 0 spiro atoms. The summed E-state index contributed by atoms with van der Waals surface area (Å²) in [6.07, 6.45) is -1.15. The maximum atomic E-state index is 11.2. The first kappa shape index (κ1) is 13.1. The molecule has 0 heterocycles. The molecule has 0 aliphatic rings. The Morgan fingerprint density at radius 1 is 1.62 bits per heavy atom. The van der Waals surface area contributed by atoms with Gasteiger partial charge in [-0.3, -0.25) is 4.79 Å². The maximum Gasteiger partial charge on any atom is 0.249 e. The van der Waals surface area contributed by atoms with Crippen molar-refractivity contribution < 1.29 is 15.0 Å². The van der Waals surface area contributed by atoms with Crippen LogP contribution in [0.3, 0.4) is 0 Å². The van der Waals surface area contributed by atoms with Gasteiger partial charge >= 0.3 is 0 Å². The minimum atomic E-state index is -1.15. The molecule has 0 aromatic rings. The van der Waals surface area contributed by atoms with Gasteiger partial charge in [0.2, 0.25) is 5.91 Å². The maximum absolute atomic E-state index is 11.2. The van der Waals surface area contributed by atoms with E-state index in [0.29, 0.717) is 6.54 Å². The van der Waals surface area contributed by atoms with Crippen LogP contribution in [0.5, 0.6) is 0 Å². The highest BCUT2D eigenvalue weighted by molar-refractivity contribution is 14.1. The van der Waals surface area contributed by atoms with Gasteiger partial charge in [0.1, 0.15) is 6.10 Å². The van der Waals surface area contributed by atoms with Crippen LogP contribution in [-0.2, 0) is 4.79 Å². The second kappa shape index (κ2) is 5.77. The van der Waals surface area contributed by atoms with Crippen LogP contribution in [0.2, 0.25) is 0 Å². The number of nitrogens with one attached hydrogen (secondary N) is 1. The number of halogens is 1. The molecule has 0 aliphatic carbocycles. The van der Waals surface area contributed by atoms with Gasteiger partial charge in [0.05, 0.1) is 6.61 Å². The fourth-order valence-electron chi connectivity index (χ4n) is 0.708. The summed E-state index contributed by atoms with van der Waals surface area (Å²) in [6.45, 7) is 3.60. The lowest BCUT2D eigenvalue weighted by atomic mass is 9.87. The van der Waals surface area contributed by atoms with Gasteiger partial charge in [0.15, 0.2) is 0 Å². The summed E-state index contributed by atoms with van der Waals surface area (Å²) in [6, 6.07) is 0. The molecule has 0 rings (SSSR count). The molecular weight excluding hydrogens is 285 g/mol. The predicted molar refractivity (Wildman–Crippen MR) is 58.8 cm³/mol. The van der Waals surface area contributed by atoms with E-state index in [0.717, 1.165) is 4.43 Å². The summed E-state index contributed by atoms with van der Waals surface area (Å²) < 4.78 is 0.801. The molecular formula is C8H16INO3. The predicted octanol–water partition coefficient (Wildman–Crippen LogP) is -0.0830. The van der Waals surface area contributed by atoms with Crippen LogP contribution in [0, 0.1) is 5.41 Å². The van der Waals surface area contributed by atoms with Crippen LogP contribution in [0.25, 0.3) is 0 Å². The number of hydrogen-bond donors (Lipinski definition) is 3. The number of amides is 1. The van der Waals surface area contributed by atoms with Gasteiger partial charge in [-0.2, -0.15) is 0 Å². The molecule has 0 saturated carbocycles. The van der Waals surface area contributed by atoms with Gasteiger partial charge in [0.25, 0.3) is 0 Å². The summed E-state index contributed by atoms with van der Waals surface area (Å²) in [5.74, 6) is -0.421. The normalized spacial score (nSPS) is 13.9. The molecule has 0 aliphatic heterocycles. The third-order valence-electron chi connectivity index (χ3n) is 1.79. The Morgan fingerprint density at radius 2 is 2.15 bits per heavy atom. The second-order valence-corrected chi connectivity index (χ2v) is 4.61. The van der Waals surface area contributed by atoms with Gasteiger partial charge in [-0.05, 0) is 0 Å². The van der Waals surface area contributed by atoms with E-state index in [2.05, 4.69) is 27.9 Å². The molecule has 0 aromatic carbocycles. The molecule has 0 bridgehead atoms. The number of hydrogen-bond acceptors (Lipinski definition) is 3. The van der Waals surface area contributed by atoms with Crippen molar-refractivity contribution in [3.8, 4) is 0 Å². The standard InChI is InChI=1S/C8H16INO3/c1-8(2,5-11)6(12)7(13)10-4-3-9/h6,11-12H,3-5H2,1-2H3,(H,10,13). The molecule has 3 N–H and O–H groups in total. The van der Waals surface area contributed by atoms with Crippen LogP contribution in [0.15, 0.2) is 0 Å². The van der Waals surface area contributed by atoms with Crippen LogP contribution in [0.4, 0.5) is 0 Å². The van der Waals surface area contributed by atoms with Crippen molar-refractivity contribution in [2.24, 2.45) is 5.41 Å². The number of carbonyl (C=O) groups excluding carboxylic acids is 1. The molecule has 78 valence electrons. The van der Waals surface area contributed by atoms with E-state index in [1.165, 1.54) is 0 Å². The van der Waals surface area contributed by atoms with Crippen LogP contribution in [0.1, 0.15) is 13.8 Å². The molecule has 5 heteroatoms. The Bertz CT molecular complexity index is 173. The van der Waals surface area contributed by atoms with E-state index in [9.17, 15) is 9.90 Å². The minimum Gasteiger partial charge on any atom is -0.396 e. The summed E-state index contributed by atoms with van der Waals surface area (Å²) in [4.78, 5) is 11.2. The topological polar surface area (TPSA) is 69.6 Å². The van der Waals surface area contributed by atoms with Gasteiger partial charge in [-0.1, -0.05) is 36.4 Å². The average Bonchev–Trinajstić information content (AvgIpc) is 2.12. The summed E-state index contributed by atoms with van der Waals surface area (Å²) in [7, 11) is 0. The highest BCUT2D eigenvalue weighted by Crippen LogP contribution is 2.19. The second-order valence-electron chi connectivity index (χ2n) is 3.53. The van der Waals surface area contributed by atoms with E-state index >= 15 is 0 Å². The summed E-state index contributed by atoms with van der Waals surface area (Å²) in [5, 5.41) is 21.0. The molecule has 0 fully saturated rings. The number of rotatable bonds is 5. The molecule has 0 aromatic heterocycles. The smallest absolute Gasteiger partial charge is 0.249 e. The number of aliphatic hydroxyl groups is 2. The van der Waals surface area contributed by atoms with Crippen LogP contribution < -0.4 is 5.32 Å². The Morgan fingerprint density at radius 3 is 2.54 bits per heavy atom. The minimum absolute atomic E-state index is 0.216. The first-order chi connectivity index (χ1) is 5.95. The number of alkyl halides is 1. The van der Waals surface area contributed by atoms with Crippen molar-refractivity contribution in [3.63, 3.8) is 0 Å². The Labute approximate surface area is 91.9 Å². The van der Waals surface area contributed by atoms with Crippen molar-refractivity contribution in [2.45, 2.75) is 20.0 Å². The average molecular weight is 301 g/mol. The zero-order valence-corrected chi connectivity index (χ0v) is 10.0. The molecule has 1 atom stereocenters. The van der Waals surface area contributed by atoms with E-state index in [1.54, 1.807) is 13.8 Å².